The SMILES string of the molecule is CNc1c(C(=O)N(C)C2CCSC2)cccc1C(F)(F)F. The first kappa shape index (κ1) is 16.0. The second kappa shape index (κ2) is 6.17. The topological polar surface area (TPSA) is 32.3 Å². The fraction of sp³-hybridized carbons (Fsp3) is 0.500. The van der Waals surface area contributed by atoms with Crippen LogP contribution in [-0.4, -0.2) is 42.4 Å². The number of benzene rings is 1. The summed E-state index contributed by atoms with van der Waals surface area (Å²) in [7, 11) is 3.05. The van der Waals surface area contributed by atoms with Gasteiger partial charge in [0.05, 0.1) is 16.8 Å². The first-order chi connectivity index (χ1) is 9.86. The molecule has 0 aliphatic carbocycles. The summed E-state index contributed by atoms with van der Waals surface area (Å²) < 4.78 is 39.0. The van der Waals surface area contributed by atoms with E-state index in [9.17, 15) is 18.0 Å². The van der Waals surface area contributed by atoms with Gasteiger partial charge >= 0.3 is 6.18 Å². The number of carbonyl (C=O) groups excluding carboxylic acids is 1. The molecule has 1 aliphatic rings. The molecule has 1 heterocycles. The Balaban J connectivity index is 2.36. The second-order valence-corrected chi connectivity index (χ2v) is 6.06. The maximum atomic E-state index is 13.0. The smallest absolute Gasteiger partial charge is 0.387 e. The minimum Gasteiger partial charge on any atom is -0.387 e. The van der Waals surface area contributed by atoms with Crippen LogP contribution in [0.3, 0.4) is 0 Å². The van der Waals surface area contributed by atoms with Crippen LogP contribution in [0.5, 0.6) is 0 Å². The molecule has 0 aromatic heterocycles. The summed E-state index contributed by atoms with van der Waals surface area (Å²) in [4.78, 5) is 14.1. The molecule has 2 rings (SSSR count). The van der Waals surface area contributed by atoms with Crippen molar-refractivity contribution in [1.82, 2.24) is 4.90 Å². The zero-order chi connectivity index (χ0) is 15.6. The molecule has 116 valence electrons. The number of nitrogens with zero attached hydrogens (tertiary/aromatic N) is 1. The Morgan fingerprint density at radius 3 is 2.67 bits per heavy atom. The highest BCUT2D eigenvalue weighted by molar-refractivity contribution is 7.99. The summed E-state index contributed by atoms with van der Waals surface area (Å²) >= 11 is 1.75. The van der Waals surface area contributed by atoms with Gasteiger partial charge in [0.1, 0.15) is 0 Å². The molecule has 1 unspecified atom stereocenters. The van der Waals surface area contributed by atoms with Crippen LogP contribution in [0.4, 0.5) is 18.9 Å². The van der Waals surface area contributed by atoms with Gasteiger partial charge in [0.25, 0.3) is 5.91 Å². The van der Waals surface area contributed by atoms with Gasteiger partial charge in [-0.2, -0.15) is 24.9 Å². The van der Waals surface area contributed by atoms with Crippen LogP contribution in [0.25, 0.3) is 0 Å². The molecule has 1 fully saturated rings. The lowest BCUT2D eigenvalue weighted by molar-refractivity contribution is -0.136. The number of hydrogen-bond acceptors (Lipinski definition) is 3. The van der Waals surface area contributed by atoms with Crippen molar-refractivity contribution in [2.45, 2.75) is 18.6 Å². The van der Waals surface area contributed by atoms with E-state index in [2.05, 4.69) is 5.32 Å². The molecule has 21 heavy (non-hydrogen) atoms. The van der Waals surface area contributed by atoms with Gasteiger partial charge in [0, 0.05) is 25.9 Å². The van der Waals surface area contributed by atoms with E-state index in [4.69, 9.17) is 0 Å². The zero-order valence-corrected chi connectivity index (χ0v) is 12.6. The molecule has 1 aliphatic heterocycles. The molecule has 0 bridgehead atoms. The van der Waals surface area contributed by atoms with Crippen LogP contribution in [0.1, 0.15) is 22.3 Å². The standard InChI is InChI=1S/C14H17F3N2OS/c1-18-12-10(4-3-5-11(12)14(15,16)17)13(20)19(2)9-6-7-21-8-9/h3-5,9,18H,6-8H2,1-2H3. The number of anilines is 1. The summed E-state index contributed by atoms with van der Waals surface area (Å²) in [6.45, 7) is 0. The lowest BCUT2D eigenvalue weighted by atomic mass is 10.0. The summed E-state index contributed by atoms with van der Waals surface area (Å²) in [5.74, 6) is 1.43. The Morgan fingerprint density at radius 1 is 1.43 bits per heavy atom. The van der Waals surface area contributed by atoms with Gasteiger partial charge in [-0.1, -0.05) is 6.07 Å². The predicted molar refractivity (Wildman–Crippen MR) is 78.8 cm³/mol. The van der Waals surface area contributed by atoms with E-state index in [0.29, 0.717) is 0 Å². The summed E-state index contributed by atoms with van der Waals surface area (Å²) in [6, 6.07) is 3.77. The first-order valence-electron chi connectivity index (χ1n) is 6.59. The molecule has 1 aromatic rings. The summed E-state index contributed by atoms with van der Waals surface area (Å²) in [5, 5.41) is 2.52. The van der Waals surface area contributed by atoms with Crippen molar-refractivity contribution in [2.24, 2.45) is 0 Å². The number of rotatable bonds is 3. The molecular formula is C14H17F3N2OS. The van der Waals surface area contributed by atoms with Gasteiger partial charge in [0.15, 0.2) is 0 Å². The summed E-state index contributed by atoms with van der Waals surface area (Å²) in [5.41, 5.74) is -0.913. The number of halogens is 3. The highest BCUT2D eigenvalue weighted by Crippen LogP contribution is 2.37. The lowest BCUT2D eigenvalue weighted by Gasteiger charge is -2.25. The third-order valence-corrected chi connectivity index (χ3v) is 4.77. The number of carbonyl (C=O) groups is 1. The van der Waals surface area contributed by atoms with Crippen LogP contribution in [-0.2, 0) is 6.18 Å². The molecule has 1 aromatic carbocycles. The minimum atomic E-state index is -4.49. The molecule has 1 saturated heterocycles. The Morgan fingerprint density at radius 2 is 2.14 bits per heavy atom. The Labute approximate surface area is 125 Å². The number of alkyl halides is 3. The summed E-state index contributed by atoms with van der Waals surface area (Å²) in [6.07, 6.45) is -3.61. The Hall–Kier alpha value is -1.37. The number of hydrogen-bond donors (Lipinski definition) is 1. The van der Waals surface area contributed by atoms with Crippen LogP contribution in [0.15, 0.2) is 18.2 Å². The van der Waals surface area contributed by atoms with Gasteiger partial charge in [-0.25, -0.2) is 0 Å². The van der Waals surface area contributed by atoms with E-state index in [-0.39, 0.29) is 23.2 Å². The third kappa shape index (κ3) is 3.28. The largest absolute Gasteiger partial charge is 0.418 e. The van der Waals surface area contributed by atoms with E-state index in [1.807, 2.05) is 0 Å². The molecule has 0 spiro atoms. The fourth-order valence-electron chi connectivity index (χ4n) is 2.42. The maximum Gasteiger partial charge on any atom is 0.418 e. The Bertz CT molecular complexity index is 527. The third-order valence-electron chi connectivity index (χ3n) is 3.62. The van der Waals surface area contributed by atoms with E-state index in [1.165, 1.54) is 19.2 Å². The van der Waals surface area contributed by atoms with Gasteiger partial charge in [-0.05, 0) is 24.3 Å². The van der Waals surface area contributed by atoms with Crippen molar-refractivity contribution in [2.75, 3.05) is 30.9 Å². The number of nitrogens with one attached hydrogen (secondary N) is 1. The van der Waals surface area contributed by atoms with Crippen molar-refractivity contribution in [3.63, 3.8) is 0 Å². The highest BCUT2D eigenvalue weighted by atomic mass is 32.2. The highest BCUT2D eigenvalue weighted by Gasteiger charge is 2.36. The second-order valence-electron chi connectivity index (χ2n) is 4.91. The van der Waals surface area contributed by atoms with Crippen molar-refractivity contribution in [3.8, 4) is 0 Å². The molecule has 0 radical (unpaired) electrons. The molecule has 7 heteroatoms. The average Bonchev–Trinajstić information content (AvgIpc) is 2.98. The number of thioether (sulfide) groups is 1. The number of amides is 1. The van der Waals surface area contributed by atoms with Crippen molar-refractivity contribution >= 4 is 23.4 Å². The normalized spacial score (nSPS) is 18.6. The van der Waals surface area contributed by atoms with Crippen LogP contribution in [0, 0.1) is 0 Å². The quantitative estimate of drug-likeness (QED) is 0.928. The molecule has 3 nitrogen and oxygen atoms in total. The predicted octanol–water partition coefficient (Wildman–Crippen LogP) is 3.32. The molecule has 1 amide bonds. The van der Waals surface area contributed by atoms with Crippen LogP contribution in [0.2, 0.25) is 0 Å². The van der Waals surface area contributed by atoms with E-state index in [0.717, 1.165) is 24.0 Å². The van der Waals surface area contributed by atoms with Gasteiger partial charge in [-0.3, -0.25) is 4.79 Å². The maximum absolute atomic E-state index is 13.0. The van der Waals surface area contributed by atoms with Crippen molar-refractivity contribution in [3.05, 3.63) is 29.3 Å². The molecule has 1 N–H and O–H groups in total. The molecule has 1 atom stereocenters. The van der Waals surface area contributed by atoms with Gasteiger partial charge in [-0.15, -0.1) is 0 Å². The van der Waals surface area contributed by atoms with Gasteiger partial charge < -0.3 is 10.2 Å². The lowest BCUT2D eigenvalue weighted by Crippen LogP contribution is -2.37. The van der Waals surface area contributed by atoms with Gasteiger partial charge in [0.2, 0.25) is 0 Å². The van der Waals surface area contributed by atoms with E-state index < -0.39 is 11.7 Å². The van der Waals surface area contributed by atoms with Crippen molar-refractivity contribution in [1.29, 1.82) is 0 Å². The van der Waals surface area contributed by atoms with Crippen LogP contribution >= 0.6 is 11.8 Å². The minimum absolute atomic E-state index is 0.0618. The monoisotopic (exact) mass is 318 g/mol. The number of para-hydroxylation sites is 1. The van der Waals surface area contributed by atoms with Crippen LogP contribution < -0.4 is 5.32 Å². The van der Waals surface area contributed by atoms with E-state index in [1.54, 1.807) is 23.7 Å². The molecular weight excluding hydrogens is 301 g/mol. The first-order valence-corrected chi connectivity index (χ1v) is 7.74. The fourth-order valence-corrected chi connectivity index (χ4v) is 3.69. The van der Waals surface area contributed by atoms with Crippen molar-refractivity contribution < 1.29 is 18.0 Å². The zero-order valence-electron chi connectivity index (χ0n) is 11.8. The Kier molecular flexibility index (Phi) is 4.70. The molecule has 0 saturated carbocycles. The van der Waals surface area contributed by atoms with E-state index >= 15 is 0 Å². The average molecular weight is 318 g/mol.